The number of H-pyrrole nitrogens is 1. The first-order valence-electron chi connectivity index (χ1n) is 14.9. The Morgan fingerprint density at radius 3 is 2.57 bits per heavy atom. The Morgan fingerprint density at radius 2 is 1.86 bits per heavy atom. The molecule has 1 atom stereocenters. The van der Waals surface area contributed by atoms with Gasteiger partial charge in [-0.3, -0.25) is 5.10 Å². The summed E-state index contributed by atoms with van der Waals surface area (Å²) in [4.78, 5) is 30.6. The fourth-order valence-electron chi connectivity index (χ4n) is 5.34. The predicted molar refractivity (Wildman–Crippen MR) is 163 cm³/mol. The summed E-state index contributed by atoms with van der Waals surface area (Å²) in [5.41, 5.74) is 2.49. The number of rotatable bonds is 9. The van der Waals surface area contributed by atoms with Crippen LogP contribution in [0.25, 0.3) is 11.1 Å². The number of anilines is 1. The summed E-state index contributed by atoms with van der Waals surface area (Å²) in [7, 11) is 0. The Hall–Kier alpha value is -4.01. The lowest BCUT2D eigenvalue weighted by Gasteiger charge is -2.36. The van der Waals surface area contributed by atoms with E-state index in [1.807, 2.05) is 74.5 Å². The third kappa shape index (κ3) is 7.43. The number of carbonyl (C=O) groups excluding carboxylic acids is 2. The highest BCUT2D eigenvalue weighted by Crippen LogP contribution is 2.32. The van der Waals surface area contributed by atoms with Crippen LogP contribution in [0.4, 0.5) is 10.5 Å². The molecule has 1 aliphatic heterocycles. The maximum absolute atomic E-state index is 13.6. The van der Waals surface area contributed by atoms with Gasteiger partial charge < -0.3 is 24.6 Å². The molecule has 9 heteroatoms. The first-order valence-corrected chi connectivity index (χ1v) is 14.9. The quantitative estimate of drug-likeness (QED) is 0.309. The van der Waals surface area contributed by atoms with Crippen molar-refractivity contribution >= 4 is 17.7 Å². The van der Waals surface area contributed by atoms with E-state index in [4.69, 9.17) is 9.47 Å². The van der Waals surface area contributed by atoms with E-state index in [1.54, 1.807) is 13.8 Å². The minimum atomic E-state index is -1.13. The zero-order chi connectivity index (χ0) is 29.9. The van der Waals surface area contributed by atoms with Crippen LogP contribution in [-0.2, 0) is 16.1 Å². The topological polar surface area (TPSA) is 99.8 Å². The van der Waals surface area contributed by atoms with Crippen LogP contribution in [0.3, 0.4) is 0 Å². The van der Waals surface area contributed by atoms with E-state index >= 15 is 0 Å². The van der Waals surface area contributed by atoms with Gasteiger partial charge in [-0.1, -0.05) is 30.3 Å². The molecule has 2 aromatic carbocycles. The molecule has 2 fully saturated rings. The Labute approximate surface area is 248 Å². The minimum absolute atomic E-state index is 0.0115. The van der Waals surface area contributed by atoms with Crippen LogP contribution >= 0.6 is 0 Å². The van der Waals surface area contributed by atoms with Crippen LogP contribution in [0.1, 0.15) is 65.9 Å². The van der Waals surface area contributed by atoms with Gasteiger partial charge in [-0.25, -0.2) is 9.59 Å². The van der Waals surface area contributed by atoms with Gasteiger partial charge in [0.25, 0.3) is 0 Å². The molecule has 224 valence electrons. The number of nitrogens with one attached hydrogen (secondary N) is 2. The molecule has 3 aromatic rings. The number of urea groups is 1. The predicted octanol–water partition coefficient (Wildman–Crippen LogP) is 5.92. The number of carbonyl (C=O) groups is 2. The highest BCUT2D eigenvalue weighted by atomic mass is 16.6. The summed E-state index contributed by atoms with van der Waals surface area (Å²) in [6, 6.07) is 16.3. The molecule has 0 radical (unpaired) electrons. The van der Waals surface area contributed by atoms with Crippen molar-refractivity contribution < 1.29 is 19.1 Å². The number of esters is 1. The molecule has 1 saturated heterocycles. The van der Waals surface area contributed by atoms with E-state index in [-0.39, 0.29) is 18.1 Å². The molecule has 5 rings (SSSR count). The molecule has 2 amide bonds. The van der Waals surface area contributed by atoms with Crippen molar-refractivity contribution in [3.05, 3.63) is 66.5 Å². The third-order valence-corrected chi connectivity index (χ3v) is 7.61. The Kier molecular flexibility index (Phi) is 8.48. The van der Waals surface area contributed by atoms with Crippen LogP contribution in [0.2, 0.25) is 0 Å². The summed E-state index contributed by atoms with van der Waals surface area (Å²) >= 11 is 0. The SMILES string of the molecule is CC(C)(C)OC(=O)C(C)(C)Oc1cccc(N2CCC[C@H](NC(=O)N(Cc3ccccc3-c3cn[nH]c3)C3CC3)C2)c1. The molecule has 0 bridgehead atoms. The van der Waals surface area contributed by atoms with Gasteiger partial charge in [-0.15, -0.1) is 0 Å². The molecule has 9 nitrogen and oxygen atoms in total. The van der Waals surface area contributed by atoms with Crippen LogP contribution in [0.15, 0.2) is 60.9 Å². The minimum Gasteiger partial charge on any atom is -0.476 e. The van der Waals surface area contributed by atoms with Crippen molar-refractivity contribution in [3.63, 3.8) is 0 Å². The summed E-state index contributed by atoms with van der Waals surface area (Å²) in [6.45, 7) is 11.1. The average molecular weight is 574 g/mol. The van der Waals surface area contributed by atoms with E-state index in [1.165, 1.54) is 0 Å². The number of ether oxygens (including phenoxy) is 2. The summed E-state index contributed by atoms with van der Waals surface area (Å²) in [5.74, 6) is 0.194. The first kappa shape index (κ1) is 29.5. The lowest BCUT2D eigenvalue weighted by atomic mass is 10.0. The molecule has 0 spiro atoms. The van der Waals surface area contributed by atoms with Crippen LogP contribution < -0.4 is 15.0 Å². The van der Waals surface area contributed by atoms with Gasteiger partial charge in [0.2, 0.25) is 0 Å². The number of nitrogens with zero attached hydrogens (tertiary/aromatic N) is 3. The Balaban J connectivity index is 1.23. The van der Waals surface area contributed by atoms with Crippen molar-refractivity contribution in [2.45, 2.75) is 90.1 Å². The standard InChI is InChI=1S/C33H43N5O4/c1-32(2,3)42-30(39)33(4,5)41-28-13-8-12-27(18-28)37-17-9-11-25(22-37)36-31(40)38(26-15-16-26)21-23-10-6-7-14-29(23)24-19-34-35-20-24/h6-8,10,12-14,18-20,25-26H,9,11,15-17,21-22H2,1-5H3,(H,34,35)(H,36,40)/t25-/m0/s1. The van der Waals surface area contributed by atoms with Crippen molar-refractivity contribution in [3.8, 4) is 16.9 Å². The molecular weight excluding hydrogens is 530 g/mol. The zero-order valence-electron chi connectivity index (χ0n) is 25.4. The highest BCUT2D eigenvalue weighted by Gasteiger charge is 2.36. The molecule has 0 unspecified atom stereocenters. The average Bonchev–Trinajstić information content (AvgIpc) is 3.63. The number of piperidine rings is 1. The summed E-state index contributed by atoms with van der Waals surface area (Å²) in [5, 5.41) is 10.3. The second-order valence-corrected chi connectivity index (χ2v) is 12.8. The Morgan fingerprint density at radius 1 is 1.07 bits per heavy atom. The van der Waals surface area contributed by atoms with Gasteiger partial charge in [-0.05, 0) is 83.6 Å². The molecule has 2 aliphatic rings. The number of benzene rings is 2. The maximum atomic E-state index is 13.6. The van der Waals surface area contributed by atoms with Crippen LogP contribution in [0, 0.1) is 0 Å². The van der Waals surface area contributed by atoms with Gasteiger partial charge in [0.15, 0.2) is 5.60 Å². The lowest BCUT2D eigenvalue weighted by molar-refractivity contribution is -0.170. The van der Waals surface area contributed by atoms with E-state index < -0.39 is 17.2 Å². The summed E-state index contributed by atoms with van der Waals surface area (Å²) < 4.78 is 11.7. The van der Waals surface area contributed by atoms with Gasteiger partial charge >= 0.3 is 12.0 Å². The highest BCUT2D eigenvalue weighted by molar-refractivity contribution is 5.79. The van der Waals surface area contributed by atoms with Crippen LogP contribution in [-0.4, -0.2) is 63.5 Å². The molecule has 2 N–H and O–H groups in total. The second-order valence-electron chi connectivity index (χ2n) is 12.8. The number of hydrogen-bond donors (Lipinski definition) is 2. The number of amides is 2. The van der Waals surface area contributed by atoms with Crippen molar-refractivity contribution in [1.29, 1.82) is 0 Å². The second kappa shape index (κ2) is 12.1. The van der Waals surface area contributed by atoms with E-state index in [9.17, 15) is 9.59 Å². The largest absolute Gasteiger partial charge is 0.476 e. The molecule has 1 aromatic heterocycles. The fourth-order valence-corrected chi connectivity index (χ4v) is 5.34. The van der Waals surface area contributed by atoms with Gasteiger partial charge in [0.1, 0.15) is 11.4 Å². The number of aromatic amines is 1. The number of hydrogen-bond acceptors (Lipinski definition) is 6. The third-order valence-electron chi connectivity index (χ3n) is 7.61. The zero-order valence-corrected chi connectivity index (χ0v) is 25.4. The molecule has 1 aliphatic carbocycles. The number of aromatic nitrogens is 2. The van der Waals surface area contributed by atoms with E-state index in [0.29, 0.717) is 18.8 Å². The van der Waals surface area contributed by atoms with E-state index in [2.05, 4.69) is 32.5 Å². The fraction of sp³-hybridized carbons (Fsp3) is 0.485. The van der Waals surface area contributed by atoms with E-state index in [0.717, 1.165) is 54.6 Å². The van der Waals surface area contributed by atoms with Crippen molar-refractivity contribution in [1.82, 2.24) is 20.4 Å². The molecule has 42 heavy (non-hydrogen) atoms. The monoisotopic (exact) mass is 573 g/mol. The smallest absolute Gasteiger partial charge is 0.350 e. The van der Waals surface area contributed by atoms with Gasteiger partial charge in [0, 0.05) is 55.2 Å². The molecule has 2 heterocycles. The normalized spacial score (nSPS) is 17.5. The van der Waals surface area contributed by atoms with Crippen molar-refractivity contribution in [2.24, 2.45) is 0 Å². The van der Waals surface area contributed by atoms with Crippen molar-refractivity contribution in [2.75, 3.05) is 18.0 Å². The molecule has 1 saturated carbocycles. The van der Waals surface area contributed by atoms with Crippen LogP contribution in [0.5, 0.6) is 5.75 Å². The lowest BCUT2D eigenvalue weighted by Crippen LogP contribution is -2.52. The Bertz CT molecular complexity index is 1380. The molecular formula is C33H43N5O4. The van der Waals surface area contributed by atoms with Gasteiger partial charge in [0.05, 0.1) is 6.20 Å². The first-order chi connectivity index (χ1) is 20.0. The summed E-state index contributed by atoms with van der Waals surface area (Å²) in [6.07, 6.45) is 7.65. The van der Waals surface area contributed by atoms with Gasteiger partial charge in [-0.2, -0.15) is 5.10 Å². The maximum Gasteiger partial charge on any atom is 0.350 e.